The Hall–Kier alpha value is -6.15. The fourth-order valence-corrected chi connectivity index (χ4v) is 10.2. The number of thiophene rings is 1. The van der Waals surface area contributed by atoms with Crippen LogP contribution in [0.3, 0.4) is 0 Å². The minimum Gasteiger partial charge on any atom is -0.311 e. The predicted molar refractivity (Wildman–Crippen MR) is 225 cm³/mol. The van der Waals surface area contributed by atoms with Gasteiger partial charge in [-0.05, 0) is 83.1 Å². The molecule has 0 saturated heterocycles. The number of hydrogen-bond donors (Lipinski definition) is 0. The number of para-hydroxylation sites is 2. The van der Waals surface area contributed by atoms with E-state index in [1.807, 2.05) is 11.3 Å². The number of fused-ring (bicyclic) bond motifs is 7. The van der Waals surface area contributed by atoms with E-state index in [0.717, 1.165) is 55.4 Å². The van der Waals surface area contributed by atoms with E-state index in [1.165, 1.54) is 36.6 Å². The summed E-state index contributed by atoms with van der Waals surface area (Å²) in [6, 6.07) is 60.7. The van der Waals surface area contributed by atoms with E-state index in [4.69, 9.17) is 9.97 Å². The van der Waals surface area contributed by atoms with Gasteiger partial charge in [0.15, 0.2) is 0 Å². The molecule has 0 aliphatic carbocycles. The van der Waals surface area contributed by atoms with Crippen LogP contribution >= 0.6 is 23.1 Å². The highest BCUT2D eigenvalue weighted by Crippen LogP contribution is 2.45. The third kappa shape index (κ3) is 4.85. The van der Waals surface area contributed by atoms with Crippen LogP contribution in [0.15, 0.2) is 186 Å². The van der Waals surface area contributed by atoms with Crippen molar-refractivity contribution in [1.82, 2.24) is 9.97 Å². The van der Waals surface area contributed by atoms with Gasteiger partial charge in [-0.25, -0.2) is 4.98 Å². The summed E-state index contributed by atoms with van der Waals surface area (Å²) >= 11 is 3.54. The van der Waals surface area contributed by atoms with Crippen LogP contribution in [0, 0.1) is 0 Å². The van der Waals surface area contributed by atoms with Crippen molar-refractivity contribution >= 4 is 101 Å². The van der Waals surface area contributed by atoms with Gasteiger partial charge in [0, 0.05) is 65.3 Å². The third-order valence-electron chi connectivity index (χ3n) is 10.4. The van der Waals surface area contributed by atoms with Crippen LogP contribution in [0.1, 0.15) is 0 Å². The Kier molecular flexibility index (Phi) is 7.03. The zero-order chi connectivity index (χ0) is 34.9. The van der Waals surface area contributed by atoms with Gasteiger partial charge in [0.1, 0.15) is 10.8 Å². The Balaban J connectivity index is 1.16. The molecule has 0 fully saturated rings. The van der Waals surface area contributed by atoms with Gasteiger partial charge in [-0.15, -0.1) is 11.3 Å². The molecule has 0 bridgehead atoms. The van der Waals surface area contributed by atoms with Gasteiger partial charge < -0.3 is 4.90 Å². The number of aromatic nitrogens is 2. The number of nitrogens with zero attached hydrogens (tertiary/aromatic N) is 4. The summed E-state index contributed by atoms with van der Waals surface area (Å²) in [6.07, 6.45) is 2.13. The van der Waals surface area contributed by atoms with Crippen molar-refractivity contribution in [3.63, 3.8) is 0 Å². The average Bonchev–Trinajstić information content (AvgIpc) is 3.61. The molecule has 6 aromatic carbocycles. The normalized spacial score (nSPS) is 12.9. The summed E-state index contributed by atoms with van der Waals surface area (Å²) in [5.41, 5.74) is 11.3. The van der Waals surface area contributed by atoms with Gasteiger partial charge in [-0.1, -0.05) is 115 Å². The maximum atomic E-state index is 5.44. The SMILES string of the molecule is c1ccc(Sc2ccc3c(n2)N(c2ccccc2)c2cccc4c2B3c2cnc(-c3cccc5c3sc3ccccc35)cc2N4c2ccccc2)cc1. The van der Waals surface area contributed by atoms with E-state index in [1.54, 1.807) is 11.8 Å². The molecule has 0 saturated carbocycles. The van der Waals surface area contributed by atoms with Crippen LogP contribution in [0.25, 0.3) is 31.4 Å². The molecule has 248 valence electrons. The molecule has 53 heavy (non-hydrogen) atoms. The van der Waals surface area contributed by atoms with Crippen LogP contribution in [0.4, 0.5) is 34.3 Å². The van der Waals surface area contributed by atoms with Gasteiger partial charge in [-0.3, -0.25) is 9.88 Å². The van der Waals surface area contributed by atoms with E-state index >= 15 is 0 Å². The first-order valence-electron chi connectivity index (χ1n) is 17.8. The van der Waals surface area contributed by atoms with Crippen molar-refractivity contribution in [1.29, 1.82) is 0 Å². The summed E-state index contributed by atoms with van der Waals surface area (Å²) in [6.45, 7) is -0.0592. The molecule has 7 heteroatoms. The molecule has 0 unspecified atom stereocenters. The first-order valence-corrected chi connectivity index (χ1v) is 19.4. The summed E-state index contributed by atoms with van der Waals surface area (Å²) in [4.78, 5) is 16.7. The van der Waals surface area contributed by atoms with Crippen LogP contribution in [-0.2, 0) is 0 Å². The molecule has 0 radical (unpaired) electrons. The van der Waals surface area contributed by atoms with E-state index in [9.17, 15) is 0 Å². The molecule has 0 spiro atoms. The van der Waals surface area contributed by atoms with E-state index in [2.05, 4.69) is 186 Å². The largest absolute Gasteiger partial charge is 0.311 e. The fourth-order valence-electron chi connectivity index (χ4n) is 8.12. The van der Waals surface area contributed by atoms with Crippen molar-refractivity contribution in [2.45, 2.75) is 9.92 Å². The Bertz CT molecular complexity index is 2840. The average molecular weight is 713 g/mol. The molecule has 0 atom stereocenters. The van der Waals surface area contributed by atoms with E-state index in [0.29, 0.717) is 0 Å². The van der Waals surface area contributed by atoms with Crippen LogP contribution in [0.2, 0.25) is 0 Å². The maximum Gasteiger partial charge on any atom is 0.256 e. The topological polar surface area (TPSA) is 32.3 Å². The van der Waals surface area contributed by atoms with E-state index in [-0.39, 0.29) is 6.71 Å². The minimum atomic E-state index is -0.0592. The van der Waals surface area contributed by atoms with Crippen LogP contribution < -0.4 is 26.2 Å². The number of hydrogen-bond acceptors (Lipinski definition) is 6. The summed E-state index contributed by atoms with van der Waals surface area (Å²) in [7, 11) is 0. The lowest BCUT2D eigenvalue weighted by molar-refractivity contribution is 1.09. The highest BCUT2D eigenvalue weighted by Gasteiger charge is 2.44. The molecule has 4 nitrogen and oxygen atoms in total. The highest BCUT2D eigenvalue weighted by molar-refractivity contribution is 7.99. The van der Waals surface area contributed by atoms with Gasteiger partial charge in [-0.2, -0.15) is 0 Å². The van der Waals surface area contributed by atoms with Crippen LogP contribution in [0.5, 0.6) is 0 Å². The summed E-state index contributed by atoms with van der Waals surface area (Å²) < 4.78 is 2.56. The molecule has 2 aliphatic rings. The number of benzene rings is 6. The second-order valence-corrected chi connectivity index (χ2v) is 15.5. The second kappa shape index (κ2) is 12.2. The van der Waals surface area contributed by atoms with Crippen molar-refractivity contribution in [3.8, 4) is 11.3 Å². The maximum absolute atomic E-state index is 5.44. The monoisotopic (exact) mass is 712 g/mol. The smallest absolute Gasteiger partial charge is 0.256 e. The lowest BCUT2D eigenvalue weighted by Crippen LogP contribution is -2.61. The quantitative estimate of drug-likeness (QED) is 0.166. The molecule has 2 aliphatic heterocycles. The molecule has 0 N–H and O–H groups in total. The molecule has 5 heterocycles. The Labute approximate surface area is 316 Å². The number of rotatable bonds is 5. The van der Waals surface area contributed by atoms with Crippen molar-refractivity contribution in [2.75, 3.05) is 9.80 Å². The summed E-state index contributed by atoms with van der Waals surface area (Å²) in [5.74, 6) is 0.949. The van der Waals surface area contributed by atoms with Crippen molar-refractivity contribution in [3.05, 3.63) is 176 Å². The van der Waals surface area contributed by atoms with Crippen LogP contribution in [-0.4, -0.2) is 16.7 Å². The molecular weight excluding hydrogens is 683 g/mol. The Morgan fingerprint density at radius 1 is 0.547 bits per heavy atom. The number of anilines is 6. The Morgan fingerprint density at radius 2 is 1.21 bits per heavy atom. The lowest BCUT2D eigenvalue weighted by atomic mass is 9.34. The standard InChI is InChI=1S/C46H29BN4S2/c1-4-14-30(15-5-1)50-39-23-13-24-40-44(39)47(36-26-27-43(52-32-18-8-3-9-19-32)49-46(36)51(40)31-16-6-2-7-17-31)37-29-48-38(28-41(37)50)35-22-12-21-34-33-20-10-11-25-42(33)53-45(34)35/h1-29H. The van der Waals surface area contributed by atoms with Gasteiger partial charge in [0.25, 0.3) is 6.71 Å². The molecule has 11 rings (SSSR count). The lowest BCUT2D eigenvalue weighted by Gasteiger charge is -2.43. The molecule has 3 aromatic heterocycles. The van der Waals surface area contributed by atoms with Gasteiger partial charge >= 0.3 is 0 Å². The molecule has 9 aromatic rings. The zero-order valence-electron chi connectivity index (χ0n) is 28.4. The highest BCUT2D eigenvalue weighted by atomic mass is 32.2. The molecule has 0 amide bonds. The Morgan fingerprint density at radius 3 is 2.00 bits per heavy atom. The number of pyridine rings is 2. The van der Waals surface area contributed by atoms with Crippen molar-refractivity contribution < 1.29 is 0 Å². The zero-order valence-corrected chi connectivity index (χ0v) is 30.1. The first kappa shape index (κ1) is 30.5. The second-order valence-electron chi connectivity index (χ2n) is 13.4. The molecular formula is C46H29BN4S2. The van der Waals surface area contributed by atoms with Gasteiger partial charge in [0.2, 0.25) is 0 Å². The van der Waals surface area contributed by atoms with E-state index < -0.39 is 0 Å². The minimum absolute atomic E-state index is 0.0592. The fraction of sp³-hybridized carbons (Fsp3) is 0. The first-order chi connectivity index (χ1) is 26.3. The van der Waals surface area contributed by atoms with Gasteiger partial charge in [0.05, 0.1) is 5.69 Å². The predicted octanol–water partition coefficient (Wildman–Crippen LogP) is 10.7. The van der Waals surface area contributed by atoms with Crippen molar-refractivity contribution in [2.24, 2.45) is 0 Å². The third-order valence-corrected chi connectivity index (χ3v) is 12.5. The summed E-state index contributed by atoms with van der Waals surface area (Å²) in [5, 5.41) is 3.52.